The maximum absolute atomic E-state index is 12.7. The molecular weight excluding hydrogens is 273 g/mol. The standard InChI is InChI=1S/C12H11F3N4O/c1-8-6-10(12(13,14)15)19(18-8)7-11(20)17-9-2-4-16-5-3-9/h2-6H,7H2,1H3,(H,16,17,20). The Morgan fingerprint density at radius 3 is 2.60 bits per heavy atom. The van der Waals surface area contributed by atoms with Crippen LogP contribution in [0.2, 0.25) is 0 Å². The number of aryl methyl sites for hydroxylation is 1. The zero-order valence-corrected chi connectivity index (χ0v) is 10.5. The van der Waals surface area contributed by atoms with Crippen LogP contribution in [-0.4, -0.2) is 20.7 Å². The second-order valence-corrected chi connectivity index (χ2v) is 4.11. The van der Waals surface area contributed by atoms with Crippen molar-refractivity contribution in [1.82, 2.24) is 14.8 Å². The summed E-state index contributed by atoms with van der Waals surface area (Å²) in [5, 5.41) is 6.15. The Hall–Kier alpha value is -2.38. The van der Waals surface area contributed by atoms with Gasteiger partial charge in [0.2, 0.25) is 5.91 Å². The molecule has 0 aliphatic rings. The monoisotopic (exact) mass is 284 g/mol. The molecule has 20 heavy (non-hydrogen) atoms. The number of nitrogens with zero attached hydrogens (tertiary/aromatic N) is 3. The highest BCUT2D eigenvalue weighted by Crippen LogP contribution is 2.29. The highest BCUT2D eigenvalue weighted by Gasteiger charge is 2.35. The number of amides is 1. The molecule has 0 saturated carbocycles. The van der Waals surface area contributed by atoms with E-state index in [4.69, 9.17) is 0 Å². The molecular formula is C12H11F3N4O. The summed E-state index contributed by atoms with van der Waals surface area (Å²) in [4.78, 5) is 15.5. The van der Waals surface area contributed by atoms with Gasteiger partial charge in [0.15, 0.2) is 0 Å². The fraction of sp³-hybridized carbons (Fsp3) is 0.250. The number of carbonyl (C=O) groups is 1. The summed E-state index contributed by atoms with van der Waals surface area (Å²) in [5.74, 6) is -0.593. The minimum absolute atomic E-state index is 0.203. The summed E-state index contributed by atoms with van der Waals surface area (Å²) in [6.45, 7) is 0.928. The molecule has 1 N–H and O–H groups in total. The van der Waals surface area contributed by atoms with Crippen molar-refractivity contribution in [3.8, 4) is 0 Å². The van der Waals surface area contributed by atoms with Crippen molar-refractivity contribution in [2.24, 2.45) is 0 Å². The molecule has 2 aromatic heterocycles. The van der Waals surface area contributed by atoms with E-state index in [0.717, 1.165) is 6.07 Å². The molecule has 2 heterocycles. The lowest BCUT2D eigenvalue weighted by atomic mass is 10.3. The Bertz CT molecular complexity index is 607. The molecule has 2 rings (SSSR count). The van der Waals surface area contributed by atoms with E-state index in [0.29, 0.717) is 10.4 Å². The summed E-state index contributed by atoms with van der Waals surface area (Å²) in [6, 6.07) is 3.98. The second kappa shape index (κ2) is 5.32. The van der Waals surface area contributed by atoms with Gasteiger partial charge in [-0.25, -0.2) is 0 Å². The molecule has 0 saturated heterocycles. The molecule has 0 unspecified atom stereocenters. The number of aromatic nitrogens is 3. The number of halogens is 3. The maximum Gasteiger partial charge on any atom is 0.433 e. The molecule has 5 nitrogen and oxygen atoms in total. The molecule has 0 bridgehead atoms. The molecule has 0 radical (unpaired) electrons. The topological polar surface area (TPSA) is 59.8 Å². The predicted molar refractivity (Wildman–Crippen MR) is 64.8 cm³/mol. The SMILES string of the molecule is Cc1cc(C(F)(F)F)n(CC(=O)Nc2ccncc2)n1. The normalized spacial score (nSPS) is 11.4. The average Bonchev–Trinajstić information content (AvgIpc) is 2.71. The van der Waals surface area contributed by atoms with Crippen LogP contribution in [0.25, 0.3) is 0 Å². The molecule has 2 aromatic rings. The second-order valence-electron chi connectivity index (χ2n) is 4.11. The summed E-state index contributed by atoms with van der Waals surface area (Å²) < 4.78 is 38.9. The van der Waals surface area contributed by atoms with Gasteiger partial charge in [0.05, 0.1) is 5.69 Å². The first-order valence-electron chi connectivity index (χ1n) is 5.68. The quantitative estimate of drug-likeness (QED) is 0.940. The van der Waals surface area contributed by atoms with Crippen molar-refractivity contribution >= 4 is 11.6 Å². The largest absolute Gasteiger partial charge is 0.433 e. The van der Waals surface area contributed by atoms with E-state index in [-0.39, 0.29) is 5.69 Å². The zero-order chi connectivity index (χ0) is 14.8. The van der Waals surface area contributed by atoms with Crippen molar-refractivity contribution in [1.29, 1.82) is 0 Å². The fourth-order valence-corrected chi connectivity index (χ4v) is 1.67. The Kier molecular flexibility index (Phi) is 3.73. The van der Waals surface area contributed by atoms with Crippen LogP contribution < -0.4 is 5.32 Å². The third-order valence-electron chi connectivity index (χ3n) is 2.45. The van der Waals surface area contributed by atoms with Crippen LogP contribution in [0.3, 0.4) is 0 Å². The summed E-state index contributed by atoms with van der Waals surface area (Å²) in [7, 11) is 0. The molecule has 0 fully saturated rings. The first-order chi connectivity index (χ1) is 9.36. The van der Waals surface area contributed by atoms with Crippen LogP contribution in [0.5, 0.6) is 0 Å². The molecule has 0 spiro atoms. The smallest absolute Gasteiger partial charge is 0.324 e. The van der Waals surface area contributed by atoms with Gasteiger partial charge in [-0.15, -0.1) is 0 Å². The highest BCUT2D eigenvalue weighted by molar-refractivity contribution is 5.90. The molecule has 0 aliphatic carbocycles. The molecule has 0 aliphatic heterocycles. The Labute approximate surface area is 112 Å². The molecule has 8 heteroatoms. The number of pyridine rings is 1. The summed E-state index contributed by atoms with van der Waals surface area (Å²) in [5.41, 5.74) is -0.281. The van der Waals surface area contributed by atoms with Gasteiger partial charge in [0, 0.05) is 18.1 Å². The number of rotatable bonds is 3. The van der Waals surface area contributed by atoms with Gasteiger partial charge < -0.3 is 5.32 Å². The number of anilines is 1. The Balaban J connectivity index is 2.12. The van der Waals surface area contributed by atoms with Crippen LogP contribution in [0, 0.1) is 6.92 Å². The van der Waals surface area contributed by atoms with Crippen molar-refractivity contribution in [3.05, 3.63) is 42.0 Å². The van der Waals surface area contributed by atoms with Crippen LogP contribution in [-0.2, 0) is 17.5 Å². The highest BCUT2D eigenvalue weighted by atomic mass is 19.4. The molecule has 106 valence electrons. The van der Waals surface area contributed by atoms with Crippen LogP contribution >= 0.6 is 0 Å². The number of hydrogen-bond acceptors (Lipinski definition) is 3. The molecule has 0 aromatic carbocycles. The van der Waals surface area contributed by atoms with E-state index < -0.39 is 24.3 Å². The Morgan fingerprint density at radius 1 is 1.35 bits per heavy atom. The summed E-state index contributed by atoms with van der Waals surface area (Å²) in [6.07, 6.45) is -1.61. The first kappa shape index (κ1) is 14.0. The van der Waals surface area contributed by atoms with Gasteiger partial charge >= 0.3 is 6.18 Å². The van der Waals surface area contributed by atoms with E-state index in [1.807, 2.05) is 0 Å². The third-order valence-corrected chi connectivity index (χ3v) is 2.45. The lowest BCUT2D eigenvalue weighted by Crippen LogP contribution is -2.23. The van der Waals surface area contributed by atoms with Crippen molar-refractivity contribution in [3.63, 3.8) is 0 Å². The van der Waals surface area contributed by atoms with E-state index in [1.54, 1.807) is 0 Å². The van der Waals surface area contributed by atoms with Crippen molar-refractivity contribution in [2.75, 3.05) is 5.32 Å². The first-order valence-corrected chi connectivity index (χ1v) is 5.68. The summed E-state index contributed by atoms with van der Waals surface area (Å²) >= 11 is 0. The number of carbonyl (C=O) groups excluding carboxylic acids is 1. The lowest BCUT2D eigenvalue weighted by molar-refractivity contribution is -0.144. The van der Waals surface area contributed by atoms with E-state index in [9.17, 15) is 18.0 Å². The maximum atomic E-state index is 12.7. The van der Waals surface area contributed by atoms with E-state index in [1.165, 1.54) is 31.5 Å². The minimum Gasteiger partial charge on any atom is -0.324 e. The van der Waals surface area contributed by atoms with Gasteiger partial charge in [-0.05, 0) is 25.1 Å². The van der Waals surface area contributed by atoms with Gasteiger partial charge in [-0.1, -0.05) is 0 Å². The third kappa shape index (κ3) is 3.34. The lowest BCUT2D eigenvalue weighted by Gasteiger charge is -2.10. The van der Waals surface area contributed by atoms with Crippen LogP contribution in [0.15, 0.2) is 30.6 Å². The van der Waals surface area contributed by atoms with E-state index in [2.05, 4.69) is 15.4 Å². The van der Waals surface area contributed by atoms with Crippen molar-refractivity contribution < 1.29 is 18.0 Å². The molecule has 0 atom stereocenters. The minimum atomic E-state index is -4.54. The van der Waals surface area contributed by atoms with Gasteiger partial charge in [-0.3, -0.25) is 14.5 Å². The average molecular weight is 284 g/mol. The number of hydrogen-bond donors (Lipinski definition) is 1. The Morgan fingerprint density at radius 2 is 2.00 bits per heavy atom. The zero-order valence-electron chi connectivity index (χ0n) is 10.5. The van der Waals surface area contributed by atoms with Gasteiger partial charge in [-0.2, -0.15) is 18.3 Å². The van der Waals surface area contributed by atoms with Gasteiger partial charge in [0.25, 0.3) is 0 Å². The number of alkyl halides is 3. The predicted octanol–water partition coefficient (Wildman–Crippen LogP) is 2.24. The fourth-order valence-electron chi connectivity index (χ4n) is 1.67. The van der Waals surface area contributed by atoms with Crippen LogP contribution in [0.1, 0.15) is 11.4 Å². The van der Waals surface area contributed by atoms with Crippen LogP contribution in [0.4, 0.5) is 18.9 Å². The molecule has 1 amide bonds. The van der Waals surface area contributed by atoms with Crippen molar-refractivity contribution in [2.45, 2.75) is 19.6 Å². The van der Waals surface area contributed by atoms with Gasteiger partial charge in [0.1, 0.15) is 12.2 Å². The van der Waals surface area contributed by atoms with E-state index >= 15 is 0 Å². The number of nitrogens with one attached hydrogen (secondary N) is 1.